The number of halogens is 3. The van der Waals surface area contributed by atoms with Crippen LogP contribution in [0.2, 0.25) is 0 Å². The van der Waals surface area contributed by atoms with Gasteiger partial charge in [-0.15, -0.1) is 0 Å². The highest BCUT2D eigenvalue weighted by Gasteiger charge is 2.13. The second-order valence-electron chi connectivity index (χ2n) is 3.62. The summed E-state index contributed by atoms with van der Waals surface area (Å²) >= 11 is 6.37. The minimum absolute atomic E-state index is 0.120. The van der Waals surface area contributed by atoms with Gasteiger partial charge in [-0.1, -0.05) is 0 Å². The summed E-state index contributed by atoms with van der Waals surface area (Å²) in [4.78, 5) is 11.9. The first-order valence-electron chi connectivity index (χ1n) is 5.07. The van der Waals surface area contributed by atoms with Crippen molar-refractivity contribution in [3.05, 3.63) is 28.4 Å². The summed E-state index contributed by atoms with van der Waals surface area (Å²) in [6.07, 6.45) is 0.120. The third-order valence-electron chi connectivity index (χ3n) is 2.09. The van der Waals surface area contributed by atoms with Crippen molar-refractivity contribution in [1.29, 1.82) is 0 Å². The average Bonchev–Trinajstić information content (AvgIpc) is 2.27. The third-order valence-corrected chi connectivity index (χ3v) is 6.55. The predicted molar refractivity (Wildman–Crippen MR) is 96.1 cm³/mol. The molecule has 106 valence electrons. The van der Waals surface area contributed by atoms with Crippen LogP contribution in [0.15, 0.2) is 12.1 Å². The summed E-state index contributed by atoms with van der Waals surface area (Å²) in [5.74, 6) is -0.724. The lowest BCUT2D eigenvalue weighted by Crippen LogP contribution is -2.27. The molecule has 0 aliphatic rings. The van der Waals surface area contributed by atoms with Crippen molar-refractivity contribution in [1.82, 2.24) is 5.32 Å². The van der Waals surface area contributed by atoms with Crippen molar-refractivity contribution < 1.29 is 17.8 Å². The zero-order chi connectivity index (χ0) is 14.6. The van der Waals surface area contributed by atoms with Crippen LogP contribution >= 0.6 is 67.8 Å². The van der Waals surface area contributed by atoms with Crippen LogP contribution in [-0.2, 0) is 10.1 Å². The number of benzene rings is 1. The summed E-state index contributed by atoms with van der Waals surface area (Å²) < 4.78 is 34.0. The topological polar surface area (TPSA) is 86.3 Å². The first-order chi connectivity index (χ1) is 8.70. The van der Waals surface area contributed by atoms with Crippen molar-refractivity contribution in [2.45, 2.75) is 6.42 Å². The van der Waals surface area contributed by atoms with Gasteiger partial charge in [0.25, 0.3) is 5.91 Å². The Hall–Kier alpha value is 0.790. The minimum Gasteiger partial charge on any atom is -0.748 e. The number of hydrogen-bond donors (Lipinski definition) is 1. The zero-order valence-corrected chi connectivity index (χ0v) is 16.7. The lowest BCUT2D eigenvalue weighted by Gasteiger charge is -2.10. The van der Waals surface area contributed by atoms with Gasteiger partial charge in [0.15, 0.2) is 0 Å². The molecular weight excluding hydrogens is 611 g/mol. The van der Waals surface area contributed by atoms with Crippen LogP contribution in [0.5, 0.6) is 0 Å². The molecule has 0 aromatic heterocycles. The molecule has 0 spiro atoms. The number of carbonyl (C=O) groups is 1. The number of carbonyl (C=O) groups excluding carboxylic acids is 1. The molecule has 0 saturated heterocycles. The highest BCUT2D eigenvalue weighted by Crippen LogP contribution is 2.22. The van der Waals surface area contributed by atoms with Gasteiger partial charge in [0.1, 0.15) is 0 Å². The molecule has 0 saturated carbocycles. The molecule has 1 N–H and O–H groups in total. The van der Waals surface area contributed by atoms with E-state index >= 15 is 0 Å². The van der Waals surface area contributed by atoms with Crippen molar-refractivity contribution in [2.24, 2.45) is 0 Å². The normalized spacial score (nSPS) is 11.4. The van der Waals surface area contributed by atoms with Crippen LogP contribution in [0.3, 0.4) is 0 Å². The Morgan fingerprint density at radius 2 is 1.89 bits per heavy atom. The first kappa shape index (κ1) is 17.8. The third kappa shape index (κ3) is 6.39. The van der Waals surface area contributed by atoms with Gasteiger partial charge >= 0.3 is 0 Å². The Balaban J connectivity index is 2.64. The second kappa shape index (κ2) is 7.70. The molecule has 1 amide bonds. The van der Waals surface area contributed by atoms with E-state index in [1.807, 2.05) is 6.07 Å². The maximum atomic E-state index is 11.9. The van der Waals surface area contributed by atoms with Gasteiger partial charge in [-0.2, -0.15) is 0 Å². The van der Waals surface area contributed by atoms with Crippen LogP contribution in [-0.4, -0.2) is 31.2 Å². The largest absolute Gasteiger partial charge is 0.748 e. The zero-order valence-electron chi connectivity index (χ0n) is 9.45. The van der Waals surface area contributed by atoms with E-state index in [2.05, 4.69) is 73.1 Å². The molecular formula is C10H9I3NO4S-. The number of nitrogens with one attached hydrogen (secondary N) is 1. The first-order valence-corrected chi connectivity index (χ1v) is 9.88. The molecule has 0 atom stereocenters. The van der Waals surface area contributed by atoms with Crippen LogP contribution < -0.4 is 5.32 Å². The summed E-state index contributed by atoms with van der Waals surface area (Å²) in [6.45, 7) is 0.165. The maximum Gasteiger partial charge on any atom is 0.252 e. The van der Waals surface area contributed by atoms with E-state index in [4.69, 9.17) is 0 Å². The molecule has 9 heteroatoms. The number of hydrogen-bond acceptors (Lipinski definition) is 4. The van der Waals surface area contributed by atoms with E-state index in [-0.39, 0.29) is 18.9 Å². The Labute approximate surface area is 152 Å². The minimum atomic E-state index is -4.21. The van der Waals surface area contributed by atoms with Crippen LogP contribution in [0.1, 0.15) is 16.8 Å². The number of rotatable bonds is 5. The highest BCUT2D eigenvalue weighted by molar-refractivity contribution is 14.1. The highest BCUT2D eigenvalue weighted by atomic mass is 127. The molecule has 0 unspecified atom stereocenters. The fraction of sp³-hybridized carbons (Fsp3) is 0.300. The van der Waals surface area contributed by atoms with Gasteiger partial charge in [-0.05, 0) is 86.3 Å². The van der Waals surface area contributed by atoms with Gasteiger partial charge in [-0.25, -0.2) is 8.42 Å². The molecule has 1 aromatic carbocycles. The lowest BCUT2D eigenvalue weighted by atomic mass is 10.2. The number of amides is 1. The van der Waals surface area contributed by atoms with Crippen molar-refractivity contribution in [3.8, 4) is 0 Å². The molecule has 1 aromatic rings. The van der Waals surface area contributed by atoms with Gasteiger partial charge in [0.05, 0.1) is 15.7 Å². The van der Waals surface area contributed by atoms with Gasteiger partial charge in [0, 0.05) is 23.0 Å². The van der Waals surface area contributed by atoms with Crippen LogP contribution in [0, 0.1) is 10.7 Å². The van der Waals surface area contributed by atoms with E-state index in [1.165, 1.54) is 0 Å². The van der Waals surface area contributed by atoms with E-state index in [0.717, 1.165) is 10.7 Å². The molecule has 5 nitrogen and oxygen atoms in total. The average molecular weight is 620 g/mol. The smallest absolute Gasteiger partial charge is 0.252 e. The maximum absolute atomic E-state index is 11.9. The molecule has 0 heterocycles. The van der Waals surface area contributed by atoms with Crippen LogP contribution in [0.4, 0.5) is 0 Å². The predicted octanol–water partition coefficient (Wildman–Crippen LogP) is 2.17. The fourth-order valence-corrected chi connectivity index (χ4v) is 4.17. The quantitative estimate of drug-likeness (QED) is 0.237. The van der Waals surface area contributed by atoms with Gasteiger partial charge in [-0.3, -0.25) is 4.79 Å². The van der Waals surface area contributed by atoms with Crippen molar-refractivity contribution in [2.75, 3.05) is 12.3 Å². The lowest BCUT2D eigenvalue weighted by molar-refractivity contribution is 0.0952. The Kier molecular flexibility index (Phi) is 7.23. The summed E-state index contributed by atoms with van der Waals surface area (Å²) in [5, 5.41) is 2.61. The van der Waals surface area contributed by atoms with E-state index in [1.54, 1.807) is 6.07 Å². The van der Waals surface area contributed by atoms with Crippen molar-refractivity contribution >= 4 is 83.8 Å². The summed E-state index contributed by atoms with van der Waals surface area (Å²) in [6, 6.07) is 3.73. The Morgan fingerprint density at radius 3 is 2.47 bits per heavy atom. The van der Waals surface area contributed by atoms with E-state index in [9.17, 15) is 17.8 Å². The molecule has 0 aliphatic carbocycles. The van der Waals surface area contributed by atoms with Gasteiger partial charge < -0.3 is 9.87 Å². The Bertz CT molecular complexity index is 589. The molecule has 0 fully saturated rings. The fourth-order valence-electron chi connectivity index (χ4n) is 1.27. The SMILES string of the molecule is O=C(NCCCS(=O)(=O)[O-])c1cc(I)cc(I)c1I. The van der Waals surface area contributed by atoms with Crippen molar-refractivity contribution in [3.63, 3.8) is 0 Å². The molecule has 1 rings (SSSR count). The molecule has 0 radical (unpaired) electrons. The Morgan fingerprint density at radius 1 is 1.26 bits per heavy atom. The summed E-state index contributed by atoms with van der Waals surface area (Å²) in [7, 11) is -4.21. The van der Waals surface area contributed by atoms with E-state index in [0.29, 0.717) is 5.56 Å². The summed E-state index contributed by atoms with van der Waals surface area (Å²) in [5.41, 5.74) is 0.557. The van der Waals surface area contributed by atoms with Crippen LogP contribution in [0.25, 0.3) is 0 Å². The molecule has 19 heavy (non-hydrogen) atoms. The molecule has 0 aliphatic heterocycles. The standard InChI is InChI=1S/C10H10I3NO4S/c11-6-4-7(9(13)8(12)5-6)10(15)14-2-1-3-19(16,17)18/h4-5H,1-3H2,(H,14,15)(H,16,17,18)/p-1. The molecule has 0 bridgehead atoms. The van der Waals surface area contributed by atoms with E-state index < -0.39 is 15.9 Å². The second-order valence-corrected chi connectivity index (χ2v) is 8.63. The van der Waals surface area contributed by atoms with Gasteiger partial charge in [0.2, 0.25) is 0 Å². The monoisotopic (exact) mass is 620 g/mol.